The molecule has 0 aliphatic carbocycles. The summed E-state index contributed by atoms with van der Waals surface area (Å²) in [5, 5.41) is 13.1. The van der Waals surface area contributed by atoms with E-state index in [0.29, 0.717) is 6.42 Å². The maximum Gasteiger partial charge on any atom is 0.222 e. The number of nitrogens with one attached hydrogen (secondary N) is 2. The second-order valence-electron chi connectivity index (χ2n) is 4.26. The van der Waals surface area contributed by atoms with E-state index in [4.69, 9.17) is 0 Å². The molecule has 1 heterocycles. The number of phenolic OH excluding ortho intramolecular Hbond substituents is 1. The van der Waals surface area contributed by atoms with Crippen LogP contribution < -0.4 is 5.32 Å². The number of hydrogen-bond donors (Lipinski definition) is 3. The van der Waals surface area contributed by atoms with Crippen molar-refractivity contribution in [2.45, 2.75) is 13.3 Å². The Bertz CT molecular complexity index is 545. The van der Waals surface area contributed by atoms with Gasteiger partial charge in [-0.2, -0.15) is 0 Å². The van der Waals surface area contributed by atoms with Crippen molar-refractivity contribution in [1.82, 2.24) is 10.3 Å². The van der Waals surface area contributed by atoms with E-state index in [1.807, 2.05) is 19.2 Å². The average molecular weight is 232 g/mol. The van der Waals surface area contributed by atoms with Crippen LogP contribution in [0.3, 0.4) is 0 Å². The van der Waals surface area contributed by atoms with E-state index in [1.165, 1.54) is 0 Å². The van der Waals surface area contributed by atoms with Crippen molar-refractivity contribution in [3.63, 3.8) is 0 Å². The Morgan fingerprint density at radius 2 is 2.29 bits per heavy atom. The Balaban J connectivity index is 2.30. The van der Waals surface area contributed by atoms with Crippen LogP contribution in [-0.4, -0.2) is 23.0 Å². The monoisotopic (exact) mass is 232 g/mol. The average Bonchev–Trinajstić information content (AvgIpc) is 2.71. The smallest absolute Gasteiger partial charge is 0.222 e. The Hall–Kier alpha value is -1.97. The molecule has 0 unspecified atom stereocenters. The van der Waals surface area contributed by atoms with E-state index in [1.54, 1.807) is 19.2 Å². The van der Waals surface area contributed by atoms with Crippen LogP contribution in [0.4, 0.5) is 0 Å². The molecule has 0 bridgehead atoms. The number of carbonyl (C=O) groups is 1. The number of benzene rings is 1. The minimum absolute atomic E-state index is 0.0273. The van der Waals surface area contributed by atoms with Gasteiger partial charge in [0.2, 0.25) is 5.91 Å². The maximum absolute atomic E-state index is 11.5. The Morgan fingerprint density at radius 1 is 1.53 bits per heavy atom. The third-order valence-electron chi connectivity index (χ3n) is 2.97. The summed E-state index contributed by atoms with van der Waals surface area (Å²) in [4.78, 5) is 14.6. The highest BCUT2D eigenvalue weighted by Gasteiger charge is 2.14. The van der Waals surface area contributed by atoms with Gasteiger partial charge in [-0.15, -0.1) is 0 Å². The molecule has 1 aromatic heterocycles. The van der Waals surface area contributed by atoms with Gasteiger partial charge in [-0.1, -0.05) is 6.92 Å². The van der Waals surface area contributed by atoms with Crippen LogP contribution in [0.5, 0.6) is 5.75 Å². The van der Waals surface area contributed by atoms with Crippen molar-refractivity contribution in [3.8, 4) is 5.75 Å². The molecule has 0 radical (unpaired) electrons. The number of phenols is 1. The molecule has 17 heavy (non-hydrogen) atoms. The number of aromatic amines is 1. The minimum atomic E-state index is -0.0821. The molecule has 0 spiro atoms. The first-order valence-electron chi connectivity index (χ1n) is 5.62. The Morgan fingerprint density at radius 3 is 3.00 bits per heavy atom. The van der Waals surface area contributed by atoms with Gasteiger partial charge in [-0.25, -0.2) is 0 Å². The normalized spacial score (nSPS) is 12.6. The quantitative estimate of drug-likeness (QED) is 0.755. The lowest BCUT2D eigenvalue weighted by Gasteiger charge is -2.08. The lowest BCUT2D eigenvalue weighted by molar-refractivity contribution is -0.123. The highest BCUT2D eigenvalue weighted by molar-refractivity contribution is 5.85. The van der Waals surface area contributed by atoms with Crippen molar-refractivity contribution in [3.05, 3.63) is 30.0 Å². The van der Waals surface area contributed by atoms with E-state index >= 15 is 0 Å². The van der Waals surface area contributed by atoms with Crippen molar-refractivity contribution < 1.29 is 9.90 Å². The summed E-state index contributed by atoms with van der Waals surface area (Å²) in [7, 11) is 1.64. The van der Waals surface area contributed by atoms with Crippen molar-refractivity contribution in [2.24, 2.45) is 5.92 Å². The molecule has 90 valence electrons. The lowest BCUT2D eigenvalue weighted by atomic mass is 10.00. The standard InChI is InChI=1S/C13H16N2O2/c1-8(13(17)14-2)5-9-7-15-12-4-3-10(16)6-11(9)12/h3-4,6-8,15-16H,5H2,1-2H3,(H,14,17)/t8-/m0/s1. The van der Waals surface area contributed by atoms with Crippen LogP contribution in [0.2, 0.25) is 0 Å². The van der Waals surface area contributed by atoms with E-state index < -0.39 is 0 Å². The van der Waals surface area contributed by atoms with Gasteiger partial charge >= 0.3 is 0 Å². The van der Waals surface area contributed by atoms with Crippen LogP contribution in [0.1, 0.15) is 12.5 Å². The maximum atomic E-state index is 11.5. The predicted octanol–water partition coefficient (Wildman–Crippen LogP) is 1.80. The Kier molecular flexibility index (Phi) is 3.04. The first-order chi connectivity index (χ1) is 8.11. The zero-order chi connectivity index (χ0) is 12.4. The van der Waals surface area contributed by atoms with Gasteiger partial charge in [-0.05, 0) is 30.2 Å². The third kappa shape index (κ3) is 2.25. The van der Waals surface area contributed by atoms with E-state index in [9.17, 15) is 9.90 Å². The van der Waals surface area contributed by atoms with Crippen molar-refractivity contribution in [2.75, 3.05) is 7.05 Å². The molecular formula is C13H16N2O2. The Labute approximate surface area is 99.7 Å². The van der Waals surface area contributed by atoms with Gasteiger partial charge in [0, 0.05) is 30.1 Å². The summed E-state index contributed by atoms with van der Waals surface area (Å²) >= 11 is 0. The zero-order valence-electron chi connectivity index (χ0n) is 9.95. The fraction of sp³-hybridized carbons (Fsp3) is 0.308. The molecule has 4 heteroatoms. The molecule has 0 aliphatic rings. The summed E-state index contributed by atoms with van der Waals surface area (Å²) in [6.07, 6.45) is 2.55. The SMILES string of the molecule is CNC(=O)[C@@H](C)Cc1c[nH]c2ccc(O)cc12. The fourth-order valence-electron chi connectivity index (χ4n) is 2.00. The number of carbonyl (C=O) groups excluding carboxylic acids is 1. The molecule has 2 aromatic rings. The number of amides is 1. The molecule has 3 N–H and O–H groups in total. The van der Waals surface area contributed by atoms with Gasteiger partial charge in [0.1, 0.15) is 5.75 Å². The second-order valence-corrected chi connectivity index (χ2v) is 4.26. The summed E-state index contributed by atoms with van der Waals surface area (Å²) < 4.78 is 0. The third-order valence-corrected chi connectivity index (χ3v) is 2.97. The molecule has 1 amide bonds. The number of rotatable bonds is 3. The van der Waals surface area contributed by atoms with Gasteiger partial charge in [-0.3, -0.25) is 4.79 Å². The molecule has 1 aromatic carbocycles. The topological polar surface area (TPSA) is 65.1 Å². The zero-order valence-corrected chi connectivity index (χ0v) is 9.95. The van der Waals surface area contributed by atoms with E-state index in [2.05, 4.69) is 10.3 Å². The molecular weight excluding hydrogens is 216 g/mol. The molecule has 0 fully saturated rings. The number of hydrogen-bond acceptors (Lipinski definition) is 2. The first kappa shape index (κ1) is 11.5. The van der Waals surface area contributed by atoms with Crippen LogP contribution in [0, 0.1) is 5.92 Å². The van der Waals surface area contributed by atoms with Crippen LogP contribution in [0.15, 0.2) is 24.4 Å². The largest absolute Gasteiger partial charge is 0.508 e. The van der Waals surface area contributed by atoms with Crippen LogP contribution >= 0.6 is 0 Å². The molecule has 0 saturated carbocycles. The predicted molar refractivity (Wildman–Crippen MR) is 66.9 cm³/mol. The van der Waals surface area contributed by atoms with Gasteiger partial charge in [0.15, 0.2) is 0 Å². The van der Waals surface area contributed by atoms with Gasteiger partial charge in [0.25, 0.3) is 0 Å². The second kappa shape index (κ2) is 4.49. The molecule has 0 saturated heterocycles. The summed E-state index contributed by atoms with van der Waals surface area (Å²) in [6, 6.07) is 5.20. The number of aromatic hydroxyl groups is 1. The van der Waals surface area contributed by atoms with Crippen LogP contribution in [-0.2, 0) is 11.2 Å². The molecule has 1 atom stereocenters. The number of fused-ring (bicyclic) bond motifs is 1. The number of H-pyrrole nitrogens is 1. The van der Waals surface area contributed by atoms with Gasteiger partial charge in [0.05, 0.1) is 0 Å². The summed E-state index contributed by atoms with van der Waals surface area (Å²) in [5.74, 6) is 0.187. The highest BCUT2D eigenvalue weighted by atomic mass is 16.3. The molecule has 0 aliphatic heterocycles. The van der Waals surface area contributed by atoms with Crippen molar-refractivity contribution in [1.29, 1.82) is 0 Å². The lowest BCUT2D eigenvalue weighted by Crippen LogP contribution is -2.26. The van der Waals surface area contributed by atoms with Crippen molar-refractivity contribution >= 4 is 16.8 Å². The first-order valence-corrected chi connectivity index (χ1v) is 5.62. The van der Waals surface area contributed by atoms with Crippen LogP contribution in [0.25, 0.3) is 10.9 Å². The molecule has 2 rings (SSSR count). The summed E-state index contributed by atoms with van der Waals surface area (Å²) in [6.45, 7) is 1.89. The summed E-state index contributed by atoms with van der Waals surface area (Å²) in [5.41, 5.74) is 2.02. The van der Waals surface area contributed by atoms with E-state index in [0.717, 1.165) is 16.5 Å². The number of aromatic nitrogens is 1. The van der Waals surface area contributed by atoms with E-state index in [-0.39, 0.29) is 17.6 Å². The highest BCUT2D eigenvalue weighted by Crippen LogP contribution is 2.24. The van der Waals surface area contributed by atoms with Gasteiger partial charge < -0.3 is 15.4 Å². The molecule has 4 nitrogen and oxygen atoms in total. The fourth-order valence-corrected chi connectivity index (χ4v) is 2.00. The minimum Gasteiger partial charge on any atom is -0.508 e.